The highest BCUT2D eigenvalue weighted by Crippen LogP contribution is 2.21. The van der Waals surface area contributed by atoms with E-state index in [2.05, 4.69) is 15.0 Å². The largest absolute Gasteiger partial charge is 0.497 e. The van der Waals surface area contributed by atoms with Crippen LogP contribution in [0.15, 0.2) is 65.7 Å². The minimum Gasteiger partial charge on any atom is -0.497 e. The van der Waals surface area contributed by atoms with Crippen LogP contribution >= 0.6 is 0 Å². The first-order valence-corrected chi connectivity index (χ1v) is 11.4. The number of methoxy groups -OCH3 is 1. The number of carbonyl (C=O) groups is 1. The van der Waals surface area contributed by atoms with Crippen molar-refractivity contribution < 1.29 is 17.9 Å². The summed E-state index contributed by atoms with van der Waals surface area (Å²) in [5, 5.41) is 2.82. The van der Waals surface area contributed by atoms with Crippen LogP contribution in [0.1, 0.15) is 21.5 Å². The van der Waals surface area contributed by atoms with Crippen LogP contribution in [0.25, 0.3) is 0 Å². The van der Waals surface area contributed by atoms with Crippen LogP contribution < -0.4 is 19.7 Å². The fourth-order valence-corrected chi connectivity index (χ4v) is 4.03. The minimum absolute atomic E-state index is 0.000991. The van der Waals surface area contributed by atoms with Crippen LogP contribution in [0, 0.1) is 6.92 Å². The van der Waals surface area contributed by atoms with E-state index < -0.39 is 10.0 Å². The Morgan fingerprint density at radius 1 is 1.06 bits per heavy atom. The number of sulfonamides is 1. The third-order valence-corrected chi connectivity index (χ3v) is 6.21. The SMILES string of the molecule is COc1ccc(NS(=O)(=O)c2ccc(C)c(C(=O)NCc3ccc(N(C)C)nc3)c2)cc1. The first-order chi connectivity index (χ1) is 15.2. The van der Waals surface area contributed by atoms with E-state index in [0.717, 1.165) is 11.4 Å². The zero-order valence-electron chi connectivity index (χ0n) is 18.4. The maximum absolute atomic E-state index is 12.8. The number of ether oxygens (including phenoxy) is 1. The van der Waals surface area contributed by atoms with Crippen molar-refractivity contribution in [3.8, 4) is 5.75 Å². The fraction of sp³-hybridized carbons (Fsp3) is 0.217. The monoisotopic (exact) mass is 454 g/mol. The smallest absolute Gasteiger partial charge is 0.261 e. The Labute approximate surface area is 188 Å². The van der Waals surface area contributed by atoms with E-state index >= 15 is 0 Å². The lowest BCUT2D eigenvalue weighted by molar-refractivity contribution is 0.0950. The molecule has 0 saturated heterocycles. The van der Waals surface area contributed by atoms with Crippen molar-refractivity contribution in [3.63, 3.8) is 0 Å². The molecule has 0 atom stereocenters. The maximum Gasteiger partial charge on any atom is 0.261 e. The number of pyridine rings is 1. The van der Waals surface area contributed by atoms with E-state index in [9.17, 15) is 13.2 Å². The number of anilines is 2. The Morgan fingerprint density at radius 3 is 2.38 bits per heavy atom. The molecule has 0 saturated carbocycles. The number of nitrogens with zero attached hydrogens (tertiary/aromatic N) is 2. The van der Waals surface area contributed by atoms with Crippen LogP contribution in [0.5, 0.6) is 5.75 Å². The normalized spacial score (nSPS) is 11.0. The zero-order chi connectivity index (χ0) is 23.3. The summed E-state index contributed by atoms with van der Waals surface area (Å²) in [6, 6.07) is 14.7. The van der Waals surface area contributed by atoms with Gasteiger partial charge < -0.3 is 15.0 Å². The predicted octanol–water partition coefficient (Wildman–Crippen LogP) is 3.20. The molecule has 2 aromatic carbocycles. The first-order valence-electron chi connectivity index (χ1n) is 9.87. The second kappa shape index (κ2) is 9.69. The highest BCUT2D eigenvalue weighted by molar-refractivity contribution is 7.92. The topological polar surface area (TPSA) is 101 Å². The molecular weight excluding hydrogens is 428 g/mol. The molecule has 0 aliphatic rings. The lowest BCUT2D eigenvalue weighted by atomic mass is 10.1. The molecule has 9 heteroatoms. The molecule has 0 aliphatic carbocycles. The summed E-state index contributed by atoms with van der Waals surface area (Å²) in [5.74, 6) is 1.08. The van der Waals surface area contributed by atoms with Gasteiger partial charge in [-0.3, -0.25) is 9.52 Å². The summed E-state index contributed by atoms with van der Waals surface area (Å²) in [4.78, 5) is 19.0. The molecule has 168 valence electrons. The molecule has 0 radical (unpaired) electrons. The van der Waals surface area contributed by atoms with Gasteiger partial charge in [-0.15, -0.1) is 0 Å². The third kappa shape index (κ3) is 5.55. The number of nitrogens with one attached hydrogen (secondary N) is 2. The quantitative estimate of drug-likeness (QED) is 0.542. The Hall–Kier alpha value is -3.59. The van der Waals surface area contributed by atoms with Crippen molar-refractivity contribution in [1.29, 1.82) is 0 Å². The van der Waals surface area contributed by atoms with Gasteiger partial charge in [0, 0.05) is 38.1 Å². The number of aromatic nitrogens is 1. The minimum atomic E-state index is -3.87. The van der Waals surface area contributed by atoms with Gasteiger partial charge in [0.25, 0.3) is 15.9 Å². The van der Waals surface area contributed by atoms with Gasteiger partial charge in [-0.1, -0.05) is 12.1 Å². The Kier molecular flexibility index (Phi) is 6.99. The van der Waals surface area contributed by atoms with Gasteiger partial charge in [0.05, 0.1) is 12.0 Å². The lowest BCUT2D eigenvalue weighted by Gasteiger charge is -2.13. The molecule has 0 aliphatic heterocycles. The summed E-state index contributed by atoms with van der Waals surface area (Å²) < 4.78 is 33.2. The Bertz CT molecular complexity index is 1190. The van der Waals surface area contributed by atoms with Crippen LogP contribution in [0.4, 0.5) is 11.5 Å². The number of hydrogen-bond acceptors (Lipinski definition) is 6. The van der Waals surface area contributed by atoms with Gasteiger partial charge >= 0.3 is 0 Å². The summed E-state index contributed by atoms with van der Waals surface area (Å²) in [7, 11) is 1.46. The molecule has 1 aromatic heterocycles. The molecule has 8 nitrogen and oxygen atoms in total. The highest BCUT2D eigenvalue weighted by atomic mass is 32.2. The van der Waals surface area contributed by atoms with E-state index in [-0.39, 0.29) is 17.3 Å². The number of hydrogen-bond donors (Lipinski definition) is 2. The second-order valence-corrected chi connectivity index (χ2v) is 9.09. The van der Waals surface area contributed by atoms with Crippen molar-refractivity contribution in [1.82, 2.24) is 10.3 Å². The number of amides is 1. The first kappa shape index (κ1) is 23.1. The Balaban J connectivity index is 1.74. The standard InChI is InChI=1S/C23H26N4O4S/c1-16-5-11-20(32(29,30)26-18-7-9-19(31-4)10-8-18)13-21(16)23(28)25-15-17-6-12-22(24-14-17)27(2)3/h5-14,26H,15H2,1-4H3,(H,25,28). The molecule has 1 heterocycles. The van der Waals surface area contributed by atoms with Crippen LogP contribution in [0.3, 0.4) is 0 Å². The zero-order valence-corrected chi connectivity index (χ0v) is 19.2. The number of carbonyl (C=O) groups excluding carboxylic acids is 1. The molecule has 0 fully saturated rings. The number of rotatable bonds is 8. The van der Waals surface area contributed by atoms with Gasteiger partial charge in [-0.05, 0) is 60.5 Å². The molecule has 3 rings (SSSR count). The van der Waals surface area contributed by atoms with E-state index in [1.54, 1.807) is 43.5 Å². The van der Waals surface area contributed by atoms with E-state index in [4.69, 9.17) is 4.74 Å². The Morgan fingerprint density at radius 2 is 1.78 bits per heavy atom. The van der Waals surface area contributed by atoms with Crippen molar-refractivity contribution in [2.75, 3.05) is 30.8 Å². The van der Waals surface area contributed by atoms with Gasteiger partial charge in [-0.2, -0.15) is 0 Å². The van der Waals surface area contributed by atoms with Crippen molar-refractivity contribution in [2.24, 2.45) is 0 Å². The number of benzene rings is 2. The van der Waals surface area contributed by atoms with Crippen molar-refractivity contribution >= 4 is 27.4 Å². The molecule has 0 bridgehead atoms. The lowest BCUT2D eigenvalue weighted by Crippen LogP contribution is -2.24. The van der Waals surface area contributed by atoms with Gasteiger partial charge in [-0.25, -0.2) is 13.4 Å². The molecule has 1 amide bonds. The maximum atomic E-state index is 12.8. The van der Waals surface area contributed by atoms with Crippen molar-refractivity contribution in [3.05, 3.63) is 77.5 Å². The second-order valence-electron chi connectivity index (χ2n) is 7.41. The molecule has 2 N–H and O–H groups in total. The van der Waals surface area contributed by atoms with E-state index in [1.807, 2.05) is 31.1 Å². The average Bonchev–Trinajstić information content (AvgIpc) is 2.78. The molecular formula is C23H26N4O4S. The summed E-state index contributed by atoms with van der Waals surface area (Å²) in [5.41, 5.74) is 2.20. The molecule has 32 heavy (non-hydrogen) atoms. The van der Waals surface area contributed by atoms with Gasteiger partial charge in [0.1, 0.15) is 11.6 Å². The highest BCUT2D eigenvalue weighted by Gasteiger charge is 2.18. The van der Waals surface area contributed by atoms with Crippen LogP contribution in [-0.2, 0) is 16.6 Å². The number of aryl methyl sites for hydroxylation is 1. The van der Waals surface area contributed by atoms with Gasteiger partial charge in [0.2, 0.25) is 0 Å². The fourth-order valence-electron chi connectivity index (χ4n) is 2.95. The molecule has 0 unspecified atom stereocenters. The molecule has 3 aromatic rings. The summed E-state index contributed by atoms with van der Waals surface area (Å²) in [6.07, 6.45) is 1.70. The van der Waals surface area contributed by atoms with Crippen LogP contribution in [-0.4, -0.2) is 40.5 Å². The summed E-state index contributed by atoms with van der Waals surface area (Å²) in [6.45, 7) is 2.04. The molecule has 0 spiro atoms. The van der Waals surface area contributed by atoms with E-state index in [1.165, 1.54) is 19.2 Å². The third-order valence-electron chi connectivity index (χ3n) is 4.83. The average molecular weight is 455 g/mol. The van der Waals surface area contributed by atoms with Gasteiger partial charge in [0.15, 0.2) is 0 Å². The summed E-state index contributed by atoms with van der Waals surface area (Å²) >= 11 is 0. The van der Waals surface area contributed by atoms with Crippen molar-refractivity contribution in [2.45, 2.75) is 18.4 Å². The predicted molar refractivity (Wildman–Crippen MR) is 125 cm³/mol. The van der Waals surface area contributed by atoms with E-state index in [0.29, 0.717) is 22.6 Å². The van der Waals surface area contributed by atoms with Crippen LogP contribution in [0.2, 0.25) is 0 Å².